The Morgan fingerprint density at radius 2 is 1.84 bits per heavy atom. The van der Waals surface area contributed by atoms with E-state index in [1.807, 2.05) is 30.3 Å². The third-order valence-electron chi connectivity index (χ3n) is 5.68. The first-order chi connectivity index (χ1) is 15.2. The molecule has 0 aliphatic carbocycles. The van der Waals surface area contributed by atoms with Crippen LogP contribution in [-0.4, -0.2) is 26.7 Å². The Labute approximate surface area is 187 Å². The number of ketones is 1. The van der Waals surface area contributed by atoms with E-state index in [0.717, 1.165) is 16.7 Å². The fourth-order valence-electron chi connectivity index (χ4n) is 3.94. The molecule has 6 nitrogen and oxygen atoms in total. The van der Waals surface area contributed by atoms with Crippen molar-refractivity contribution < 1.29 is 19.1 Å². The number of aliphatic hydroxyl groups is 1. The van der Waals surface area contributed by atoms with E-state index >= 15 is 0 Å². The van der Waals surface area contributed by atoms with Crippen LogP contribution in [0, 0.1) is 6.92 Å². The summed E-state index contributed by atoms with van der Waals surface area (Å²) in [7, 11) is 0. The second kappa shape index (κ2) is 8.11. The van der Waals surface area contributed by atoms with Crippen LogP contribution >= 0.6 is 0 Å². The van der Waals surface area contributed by atoms with Gasteiger partial charge in [0.1, 0.15) is 5.76 Å². The predicted molar refractivity (Wildman–Crippen MR) is 120 cm³/mol. The van der Waals surface area contributed by atoms with Crippen molar-refractivity contribution in [3.05, 3.63) is 100 Å². The van der Waals surface area contributed by atoms with Crippen molar-refractivity contribution in [1.82, 2.24) is 9.88 Å². The summed E-state index contributed by atoms with van der Waals surface area (Å²) in [4.78, 5) is 32.0. The molecule has 1 N–H and O–H groups in total. The number of nitrogens with zero attached hydrogens (tertiary/aromatic N) is 2. The van der Waals surface area contributed by atoms with Crippen LogP contribution in [0.25, 0.3) is 0 Å². The van der Waals surface area contributed by atoms with E-state index in [2.05, 4.69) is 25.8 Å². The number of aromatic nitrogens is 1. The van der Waals surface area contributed by atoms with Crippen LogP contribution in [0.5, 0.6) is 0 Å². The number of carbonyl (C=O) groups is 2. The summed E-state index contributed by atoms with van der Waals surface area (Å²) in [5.41, 5.74) is 2.66. The molecule has 1 aliphatic heterocycles. The molecule has 1 atom stereocenters. The largest absolute Gasteiger partial charge is 0.503 e. The molecule has 0 radical (unpaired) electrons. The lowest BCUT2D eigenvalue weighted by Gasteiger charge is -2.27. The van der Waals surface area contributed by atoms with Crippen molar-refractivity contribution in [3.63, 3.8) is 0 Å². The van der Waals surface area contributed by atoms with Crippen molar-refractivity contribution in [2.75, 3.05) is 0 Å². The van der Waals surface area contributed by atoms with Gasteiger partial charge in [-0.1, -0.05) is 51.1 Å². The van der Waals surface area contributed by atoms with Gasteiger partial charge in [0.25, 0.3) is 5.91 Å². The Bertz CT molecular complexity index is 1180. The van der Waals surface area contributed by atoms with Crippen LogP contribution in [0.2, 0.25) is 0 Å². The zero-order valence-corrected chi connectivity index (χ0v) is 18.6. The van der Waals surface area contributed by atoms with Gasteiger partial charge in [-0.05, 0) is 47.2 Å². The van der Waals surface area contributed by atoms with Crippen LogP contribution in [0.1, 0.15) is 59.8 Å². The van der Waals surface area contributed by atoms with Gasteiger partial charge < -0.3 is 14.4 Å². The number of hydrogen-bond acceptors (Lipinski definition) is 5. The first-order valence-electron chi connectivity index (χ1n) is 10.5. The number of rotatable bonds is 5. The lowest BCUT2D eigenvalue weighted by Crippen LogP contribution is -2.30. The number of pyridine rings is 1. The summed E-state index contributed by atoms with van der Waals surface area (Å²) < 4.78 is 5.51. The van der Waals surface area contributed by atoms with Gasteiger partial charge in [-0.15, -0.1) is 0 Å². The maximum absolute atomic E-state index is 13.3. The quantitative estimate of drug-likeness (QED) is 0.572. The van der Waals surface area contributed by atoms with Gasteiger partial charge in [-0.25, -0.2) is 0 Å². The molecule has 3 aromatic rings. The molecule has 1 aromatic carbocycles. The molecule has 1 aliphatic rings. The van der Waals surface area contributed by atoms with Gasteiger partial charge in [0.05, 0.1) is 11.6 Å². The van der Waals surface area contributed by atoms with E-state index in [-0.39, 0.29) is 23.3 Å². The minimum Gasteiger partial charge on any atom is -0.503 e. The summed E-state index contributed by atoms with van der Waals surface area (Å²) >= 11 is 0. The fraction of sp³-hybridized carbons (Fsp3) is 0.269. The molecule has 4 rings (SSSR count). The summed E-state index contributed by atoms with van der Waals surface area (Å²) in [6, 6.07) is 14.0. The first kappa shape index (κ1) is 21.6. The van der Waals surface area contributed by atoms with Crippen molar-refractivity contribution in [2.45, 2.75) is 45.7 Å². The minimum atomic E-state index is -0.741. The van der Waals surface area contributed by atoms with Gasteiger partial charge in [0, 0.05) is 18.9 Å². The van der Waals surface area contributed by atoms with Crippen molar-refractivity contribution in [3.8, 4) is 0 Å². The molecule has 0 saturated heterocycles. The van der Waals surface area contributed by atoms with E-state index in [4.69, 9.17) is 4.42 Å². The third kappa shape index (κ3) is 3.96. The molecule has 0 fully saturated rings. The number of aliphatic hydroxyl groups excluding tert-OH is 1. The Balaban J connectivity index is 1.79. The Kier molecular flexibility index (Phi) is 5.46. The monoisotopic (exact) mass is 430 g/mol. The second-order valence-corrected chi connectivity index (χ2v) is 9.07. The van der Waals surface area contributed by atoms with Crippen LogP contribution in [0.3, 0.4) is 0 Å². The molecule has 0 unspecified atom stereocenters. The van der Waals surface area contributed by atoms with E-state index in [9.17, 15) is 14.7 Å². The number of hydrogen-bond donors (Lipinski definition) is 1. The smallest absolute Gasteiger partial charge is 0.290 e. The average molecular weight is 431 g/mol. The lowest BCUT2D eigenvalue weighted by atomic mass is 9.85. The number of aryl methyl sites for hydroxylation is 1. The van der Waals surface area contributed by atoms with E-state index in [1.54, 1.807) is 37.5 Å². The maximum atomic E-state index is 13.3. The zero-order chi connectivity index (χ0) is 23.0. The van der Waals surface area contributed by atoms with Crippen molar-refractivity contribution >= 4 is 11.7 Å². The number of carbonyl (C=O) groups excluding carboxylic acids is 2. The van der Waals surface area contributed by atoms with Gasteiger partial charge in [-0.3, -0.25) is 14.6 Å². The highest BCUT2D eigenvalue weighted by atomic mass is 16.3. The number of amides is 1. The number of Topliss-reactive ketones (excluding diaryl/α,β-unsaturated/α-hetero) is 1. The SMILES string of the molecule is Cc1ccc(C(=O)C2=C(O)C(=O)N(Cc3cccnc3)[C@H]2c2ccc(C(C)(C)C)cc2)o1. The standard InChI is InChI=1S/C26H26N2O4/c1-16-7-12-20(32-16)23(29)21-22(18-8-10-19(11-9-18)26(2,3)4)28(25(31)24(21)30)15-17-6-5-13-27-14-17/h5-14,22,30H,15H2,1-4H3/t22-/m0/s1. The van der Waals surface area contributed by atoms with E-state index in [1.165, 1.54) is 4.90 Å². The predicted octanol–water partition coefficient (Wildman–Crippen LogP) is 5.06. The van der Waals surface area contributed by atoms with Crippen LogP contribution in [0.4, 0.5) is 0 Å². The van der Waals surface area contributed by atoms with Crippen molar-refractivity contribution in [2.24, 2.45) is 0 Å². The van der Waals surface area contributed by atoms with Crippen LogP contribution < -0.4 is 0 Å². The molecule has 3 heterocycles. The zero-order valence-electron chi connectivity index (χ0n) is 18.6. The third-order valence-corrected chi connectivity index (χ3v) is 5.68. The molecule has 32 heavy (non-hydrogen) atoms. The molecule has 2 aromatic heterocycles. The molecular weight excluding hydrogens is 404 g/mol. The van der Waals surface area contributed by atoms with Gasteiger partial charge in [-0.2, -0.15) is 0 Å². The van der Waals surface area contributed by atoms with Crippen LogP contribution in [0.15, 0.2) is 76.7 Å². The highest BCUT2D eigenvalue weighted by Crippen LogP contribution is 2.40. The molecular formula is C26H26N2O4. The Morgan fingerprint density at radius 1 is 1.12 bits per heavy atom. The van der Waals surface area contributed by atoms with Gasteiger partial charge in [0.15, 0.2) is 11.5 Å². The highest BCUT2D eigenvalue weighted by molar-refractivity contribution is 6.15. The first-order valence-corrected chi connectivity index (χ1v) is 10.5. The molecule has 1 amide bonds. The minimum absolute atomic E-state index is 0.0248. The molecule has 0 saturated carbocycles. The molecule has 0 spiro atoms. The van der Waals surface area contributed by atoms with E-state index < -0.39 is 23.5 Å². The lowest BCUT2D eigenvalue weighted by molar-refractivity contribution is -0.130. The maximum Gasteiger partial charge on any atom is 0.290 e. The Morgan fingerprint density at radius 3 is 2.41 bits per heavy atom. The molecule has 0 bridgehead atoms. The van der Waals surface area contributed by atoms with Crippen molar-refractivity contribution in [1.29, 1.82) is 0 Å². The van der Waals surface area contributed by atoms with E-state index in [0.29, 0.717) is 5.76 Å². The van der Waals surface area contributed by atoms with Gasteiger partial charge in [0.2, 0.25) is 5.78 Å². The summed E-state index contributed by atoms with van der Waals surface area (Å²) in [5, 5.41) is 10.8. The second-order valence-electron chi connectivity index (χ2n) is 9.07. The number of benzene rings is 1. The topological polar surface area (TPSA) is 83.6 Å². The summed E-state index contributed by atoms with van der Waals surface area (Å²) in [6.45, 7) is 8.31. The Hall–Kier alpha value is -3.67. The normalized spacial score (nSPS) is 16.7. The average Bonchev–Trinajstić information content (AvgIpc) is 3.30. The fourth-order valence-corrected chi connectivity index (χ4v) is 3.94. The molecule has 164 valence electrons. The van der Waals surface area contributed by atoms with Gasteiger partial charge >= 0.3 is 0 Å². The molecule has 6 heteroatoms. The number of furan rings is 1. The summed E-state index contributed by atoms with van der Waals surface area (Å²) in [6.07, 6.45) is 3.32. The highest BCUT2D eigenvalue weighted by Gasteiger charge is 2.44. The van der Waals surface area contributed by atoms with Crippen LogP contribution in [-0.2, 0) is 16.8 Å². The summed E-state index contributed by atoms with van der Waals surface area (Å²) in [5.74, 6) is -0.960.